The van der Waals surface area contributed by atoms with Crippen molar-refractivity contribution in [2.24, 2.45) is 0 Å². The Labute approximate surface area is 115 Å². The predicted molar refractivity (Wildman–Crippen MR) is 79.5 cm³/mol. The molecule has 0 radical (unpaired) electrons. The van der Waals surface area contributed by atoms with Gasteiger partial charge in [0.05, 0.1) is 0 Å². The van der Waals surface area contributed by atoms with Crippen molar-refractivity contribution < 1.29 is 0 Å². The van der Waals surface area contributed by atoms with Crippen LogP contribution in [0.15, 0.2) is 36.4 Å². The van der Waals surface area contributed by atoms with E-state index >= 15 is 0 Å². The Bertz CT molecular complexity index is 525. The quantitative estimate of drug-likeness (QED) is 0.909. The van der Waals surface area contributed by atoms with Gasteiger partial charge in [-0.05, 0) is 25.8 Å². The molecule has 1 N–H and O–H groups in total. The third-order valence-corrected chi connectivity index (χ3v) is 3.45. The first kappa shape index (κ1) is 13.5. The van der Waals surface area contributed by atoms with Gasteiger partial charge in [0.15, 0.2) is 0 Å². The summed E-state index contributed by atoms with van der Waals surface area (Å²) in [6, 6.07) is 12.4. The maximum absolute atomic E-state index is 4.70. The highest BCUT2D eigenvalue weighted by atomic mass is 15.0. The van der Waals surface area contributed by atoms with Crippen LogP contribution in [0.3, 0.4) is 0 Å². The Morgan fingerprint density at radius 3 is 2.37 bits per heavy atom. The number of hydrogen-bond donors (Lipinski definition) is 1. The Hall–Kier alpha value is -1.90. The summed E-state index contributed by atoms with van der Waals surface area (Å²) in [5.74, 6) is 1.74. The summed E-state index contributed by atoms with van der Waals surface area (Å²) in [5, 5.41) is 3.11. The second kappa shape index (κ2) is 5.39. The minimum atomic E-state index is -0.196. The topological polar surface area (TPSA) is 37.8 Å². The van der Waals surface area contributed by atoms with Gasteiger partial charge in [-0.15, -0.1) is 0 Å². The number of aromatic nitrogens is 2. The number of nitrogens with zero attached hydrogens (tertiary/aromatic N) is 2. The fourth-order valence-electron chi connectivity index (χ4n) is 2.07. The van der Waals surface area contributed by atoms with Gasteiger partial charge in [0.25, 0.3) is 0 Å². The molecule has 0 saturated carbocycles. The molecule has 2 rings (SSSR count). The molecule has 0 spiro atoms. The molecular weight excluding hydrogens is 234 g/mol. The fraction of sp³-hybridized carbons (Fsp3) is 0.375. The number of aryl methyl sites for hydroxylation is 1. The van der Waals surface area contributed by atoms with Crippen LogP contribution in [0.25, 0.3) is 0 Å². The molecule has 0 aliphatic carbocycles. The van der Waals surface area contributed by atoms with Crippen LogP contribution in [0.1, 0.15) is 37.9 Å². The van der Waals surface area contributed by atoms with Gasteiger partial charge in [0.2, 0.25) is 0 Å². The maximum Gasteiger partial charge on any atom is 0.140 e. The first-order chi connectivity index (χ1) is 9.07. The van der Waals surface area contributed by atoms with Gasteiger partial charge < -0.3 is 5.32 Å². The van der Waals surface area contributed by atoms with Crippen LogP contribution in [0.4, 0.5) is 5.82 Å². The van der Waals surface area contributed by atoms with Crippen LogP contribution in [0.2, 0.25) is 0 Å². The summed E-state index contributed by atoms with van der Waals surface area (Å²) in [7, 11) is 1.89. The standard InChI is InChI=1S/C16H21N3/c1-5-13-11-14(17-4)19-15(18-13)16(2,3)12-9-7-6-8-10-12/h6-11H,5H2,1-4H3,(H,17,18,19). The normalized spacial score (nSPS) is 11.4. The third-order valence-electron chi connectivity index (χ3n) is 3.45. The fourth-order valence-corrected chi connectivity index (χ4v) is 2.07. The van der Waals surface area contributed by atoms with Gasteiger partial charge in [-0.1, -0.05) is 37.3 Å². The summed E-state index contributed by atoms with van der Waals surface area (Å²) in [6.07, 6.45) is 0.912. The van der Waals surface area contributed by atoms with Crippen molar-refractivity contribution in [2.45, 2.75) is 32.6 Å². The van der Waals surface area contributed by atoms with Crippen molar-refractivity contribution in [1.29, 1.82) is 0 Å². The molecule has 0 bridgehead atoms. The molecule has 1 aromatic carbocycles. The Balaban J connectivity index is 2.51. The number of rotatable bonds is 4. The lowest BCUT2D eigenvalue weighted by Crippen LogP contribution is -2.23. The van der Waals surface area contributed by atoms with Gasteiger partial charge >= 0.3 is 0 Å². The van der Waals surface area contributed by atoms with E-state index in [1.807, 2.05) is 19.2 Å². The van der Waals surface area contributed by atoms with Crippen LogP contribution in [-0.4, -0.2) is 17.0 Å². The molecule has 3 heteroatoms. The molecule has 0 saturated heterocycles. The molecule has 0 atom stereocenters. The Morgan fingerprint density at radius 2 is 1.79 bits per heavy atom. The van der Waals surface area contributed by atoms with Crippen LogP contribution in [-0.2, 0) is 11.8 Å². The van der Waals surface area contributed by atoms with Gasteiger partial charge in [-0.3, -0.25) is 0 Å². The molecule has 19 heavy (non-hydrogen) atoms. The van der Waals surface area contributed by atoms with Crippen molar-refractivity contribution in [2.75, 3.05) is 12.4 Å². The van der Waals surface area contributed by atoms with E-state index in [4.69, 9.17) is 4.98 Å². The third kappa shape index (κ3) is 2.75. The maximum atomic E-state index is 4.70. The minimum Gasteiger partial charge on any atom is -0.373 e. The molecule has 100 valence electrons. The van der Waals surface area contributed by atoms with E-state index in [0.717, 1.165) is 23.8 Å². The first-order valence-electron chi connectivity index (χ1n) is 6.69. The van der Waals surface area contributed by atoms with Crippen LogP contribution in [0.5, 0.6) is 0 Å². The monoisotopic (exact) mass is 255 g/mol. The average Bonchev–Trinajstić information content (AvgIpc) is 2.47. The zero-order chi connectivity index (χ0) is 13.9. The highest BCUT2D eigenvalue weighted by Gasteiger charge is 2.26. The zero-order valence-electron chi connectivity index (χ0n) is 12.1. The molecule has 1 aromatic heterocycles. The van der Waals surface area contributed by atoms with E-state index in [1.54, 1.807) is 0 Å². The van der Waals surface area contributed by atoms with E-state index in [-0.39, 0.29) is 5.41 Å². The van der Waals surface area contributed by atoms with Crippen LogP contribution >= 0.6 is 0 Å². The van der Waals surface area contributed by atoms with Gasteiger partial charge in [0.1, 0.15) is 11.6 Å². The predicted octanol–water partition coefficient (Wildman–Crippen LogP) is 3.41. The number of benzene rings is 1. The number of hydrogen-bond acceptors (Lipinski definition) is 3. The Kier molecular flexibility index (Phi) is 3.84. The van der Waals surface area contributed by atoms with E-state index < -0.39 is 0 Å². The lowest BCUT2D eigenvalue weighted by atomic mass is 9.83. The summed E-state index contributed by atoms with van der Waals surface area (Å²) < 4.78 is 0. The summed E-state index contributed by atoms with van der Waals surface area (Å²) in [5.41, 5.74) is 2.10. The smallest absolute Gasteiger partial charge is 0.140 e. The van der Waals surface area contributed by atoms with Crippen molar-refractivity contribution >= 4 is 5.82 Å². The van der Waals surface area contributed by atoms with Gasteiger partial charge in [-0.2, -0.15) is 0 Å². The largest absolute Gasteiger partial charge is 0.373 e. The first-order valence-corrected chi connectivity index (χ1v) is 6.69. The van der Waals surface area contributed by atoms with Crippen molar-refractivity contribution in [3.05, 3.63) is 53.5 Å². The molecule has 0 aliphatic rings. The van der Waals surface area contributed by atoms with E-state index in [0.29, 0.717) is 0 Å². The summed E-state index contributed by atoms with van der Waals surface area (Å²) in [6.45, 7) is 6.44. The van der Waals surface area contributed by atoms with Crippen molar-refractivity contribution in [3.63, 3.8) is 0 Å². The number of anilines is 1. The second-order valence-electron chi connectivity index (χ2n) is 5.16. The van der Waals surface area contributed by atoms with E-state index in [1.165, 1.54) is 5.56 Å². The lowest BCUT2D eigenvalue weighted by molar-refractivity contribution is 0.586. The molecule has 1 heterocycles. The average molecular weight is 255 g/mol. The highest BCUT2D eigenvalue weighted by molar-refractivity contribution is 5.39. The molecule has 0 amide bonds. The van der Waals surface area contributed by atoms with E-state index in [9.17, 15) is 0 Å². The van der Waals surface area contributed by atoms with E-state index in [2.05, 4.69) is 55.3 Å². The SMILES string of the molecule is CCc1cc(NC)nc(C(C)(C)c2ccccc2)n1. The van der Waals surface area contributed by atoms with Crippen molar-refractivity contribution in [3.8, 4) is 0 Å². The minimum absolute atomic E-state index is 0.196. The van der Waals surface area contributed by atoms with Crippen LogP contribution in [0, 0.1) is 0 Å². The highest BCUT2D eigenvalue weighted by Crippen LogP contribution is 2.29. The lowest BCUT2D eigenvalue weighted by Gasteiger charge is -2.24. The van der Waals surface area contributed by atoms with Gasteiger partial charge in [-0.25, -0.2) is 9.97 Å². The summed E-state index contributed by atoms with van der Waals surface area (Å²) in [4.78, 5) is 9.32. The molecule has 0 unspecified atom stereocenters. The molecule has 0 fully saturated rings. The zero-order valence-corrected chi connectivity index (χ0v) is 12.1. The second-order valence-corrected chi connectivity index (χ2v) is 5.16. The number of nitrogens with one attached hydrogen (secondary N) is 1. The molecule has 3 nitrogen and oxygen atoms in total. The van der Waals surface area contributed by atoms with Crippen molar-refractivity contribution in [1.82, 2.24) is 9.97 Å². The van der Waals surface area contributed by atoms with Crippen LogP contribution < -0.4 is 5.32 Å². The van der Waals surface area contributed by atoms with Gasteiger partial charge in [0, 0.05) is 24.2 Å². The Morgan fingerprint density at radius 1 is 1.11 bits per heavy atom. The summed E-state index contributed by atoms with van der Waals surface area (Å²) >= 11 is 0. The molecular formula is C16H21N3. The molecule has 2 aromatic rings. The molecule has 0 aliphatic heterocycles.